The maximum absolute atomic E-state index is 12.3. The van der Waals surface area contributed by atoms with Crippen molar-refractivity contribution in [1.82, 2.24) is 24.6 Å². The number of nitrogens with zero attached hydrogens (tertiary/aromatic N) is 4. The first kappa shape index (κ1) is 20.7. The molecule has 2 aromatic heterocycles. The van der Waals surface area contributed by atoms with Crippen molar-refractivity contribution in [3.05, 3.63) is 65.7 Å². The quantitative estimate of drug-likeness (QED) is 0.534. The highest BCUT2D eigenvalue weighted by Gasteiger charge is 2.18. The Bertz CT molecular complexity index is 963. The Morgan fingerprint density at radius 3 is 2.83 bits per heavy atom. The number of hydrogen-bond acceptors (Lipinski definition) is 5. The molecule has 1 amide bonds. The molecule has 1 atom stereocenters. The summed E-state index contributed by atoms with van der Waals surface area (Å²) in [6.45, 7) is 2.05. The molecule has 30 heavy (non-hydrogen) atoms. The Labute approximate surface area is 180 Å². The topological polar surface area (TPSA) is 74.0 Å². The first-order chi connectivity index (χ1) is 14.7. The average Bonchev–Trinajstić information content (AvgIpc) is 3.50. The van der Waals surface area contributed by atoms with E-state index in [0.717, 1.165) is 30.4 Å². The van der Waals surface area contributed by atoms with E-state index in [4.69, 9.17) is 4.74 Å². The molecule has 3 aromatic rings. The van der Waals surface area contributed by atoms with Gasteiger partial charge in [0.25, 0.3) is 0 Å². The molecule has 0 saturated carbocycles. The highest BCUT2D eigenvalue weighted by molar-refractivity contribution is 7.99. The van der Waals surface area contributed by atoms with Gasteiger partial charge in [-0.25, -0.2) is 0 Å². The van der Waals surface area contributed by atoms with E-state index in [1.165, 1.54) is 23.0 Å². The lowest BCUT2D eigenvalue weighted by molar-refractivity contribution is -0.119. The van der Waals surface area contributed by atoms with Gasteiger partial charge >= 0.3 is 0 Å². The van der Waals surface area contributed by atoms with Crippen LogP contribution in [0.3, 0.4) is 0 Å². The van der Waals surface area contributed by atoms with Gasteiger partial charge in [-0.05, 0) is 30.5 Å². The lowest BCUT2D eigenvalue weighted by atomic mass is 10.2. The molecule has 0 bridgehead atoms. The van der Waals surface area contributed by atoms with Gasteiger partial charge in [-0.1, -0.05) is 42.1 Å². The van der Waals surface area contributed by atoms with Crippen molar-refractivity contribution in [3.8, 4) is 0 Å². The summed E-state index contributed by atoms with van der Waals surface area (Å²) in [6.07, 6.45) is 4.96. The van der Waals surface area contributed by atoms with E-state index in [0.29, 0.717) is 25.3 Å². The zero-order chi connectivity index (χ0) is 20.8. The van der Waals surface area contributed by atoms with Gasteiger partial charge in [-0.2, -0.15) is 0 Å². The van der Waals surface area contributed by atoms with Gasteiger partial charge in [0, 0.05) is 38.5 Å². The van der Waals surface area contributed by atoms with Crippen molar-refractivity contribution in [3.63, 3.8) is 0 Å². The van der Waals surface area contributed by atoms with Gasteiger partial charge in [-0.3, -0.25) is 4.79 Å². The maximum Gasteiger partial charge on any atom is 0.230 e. The van der Waals surface area contributed by atoms with Crippen LogP contribution in [0.4, 0.5) is 0 Å². The summed E-state index contributed by atoms with van der Waals surface area (Å²) in [5, 5.41) is 12.6. The molecule has 1 fully saturated rings. The summed E-state index contributed by atoms with van der Waals surface area (Å²) in [5.74, 6) is 1.20. The van der Waals surface area contributed by atoms with Gasteiger partial charge in [0.1, 0.15) is 5.82 Å². The number of nitrogens with one attached hydrogen (secondary N) is 1. The summed E-state index contributed by atoms with van der Waals surface area (Å²) in [4.78, 5) is 12.3. The highest BCUT2D eigenvalue weighted by Crippen LogP contribution is 2.21. The molecule has 4 rings (SSSR count). The van der Waals surface area contributed by atoms with Crippen LogP contribution in [0.2, 0.25) is 0 Å². The van der Waals surface area contributed by atoms with Crippen LogP contribution in [0.1, 0.15) is 29.9 Å². The van der Waals surface area contributed by atoms with E-state index in [1.54, 1.807) is 0 Å². The zero-order valence-electron chi connectivity index (χ0n) is 17.2. The number of thioether (sulfide) groups is 1. The zero-order valence-corrected chi connectivity index (χ0v) is 18.0. The van der Waals surface area contributed by atoms with E-state index >= 15 is 0 Å². The molecule has 8 heteroatoms. The third-order valence-corrected chi connectivity index (χ3v) is 6.22. The molecule has 0 radical (unpaired) electrons. The first-order valence-electron chi connectivity index (χ1n) is 10.3. The number of amides is 1. The SMILES string of the molecule is Cn1cccc1Cc1nnc(SCC(=O)NCC2CCCO2)n1Cc1ccccc1. The van der Waals surface area contributed by atoms with Crippen LogP contribution < -0.4 is 5.32 Å². The van der Waals surface area contributed by atoms with Crippen molar-refractivity contribution in [2.45, 2.75) is 37.1 Å². The Morgan fingerprint density at radius 1 is 1.23 bits per heavy atom. The summed E-state index contributed by atoms with van der Waals surface area (Å²) >= 11 is 1.42. The maximum atomic E-state index is 12.3. The third kappa shape index (κ3) is 5.31. The fourth-order valence-corrected chi connectivity index (χ4v) is 4.32. The van der Waals surface area contributed by atoms with Crippen molar-refractivity contribution >= 4 is 17.7 Å². The monoisotopic (exact) mass is 425 g/mol. The minimum absolute atomic E-state index is 0.00579. The number of hydrogen-bond donors (Lipinski definition) is 1. The normalized spacial score (nSPS) is 16.1. The van der Waals surface area contributed by atoms with E-state index in [9.17, 15) is 4.79 Å². The van der Waals surface area contributed by atoms with Gasteiger partial charge in [0.2, 0.25) is 5.91 Å². The second-order valence-electron chi connectivity index (χ2n) is 7.49. The van der Waals surface area contributed by atoms with Crippen LogP contribution in [0.15, 0.2) is 53.8 Å². The predicted molar refractivity (Wildman–Crippen MR) is 116 cm³/mol. The number of carbonyl (C=O) groups is 1. The summed E-state index contributed by atoms with van der Waals surface area (Å²) in [7, 11) is 2.03. The number of aromatic nitrogens is 4. The summed E-state index contributed by atoms with van der Waals surface area (Å²) in [5.41, 5.74) is 2.35. The smallest absolute Gasteiger partial charge is 0.230 e. The van der Waals surface area contributed by atoms with Crippen molar-refractivity contribution in [1.29, 1.82) is 0 Å². The molecule has 1 unspecified atom stereocenters. The van der Waals surface area contributed by atoms with Gasteiger partial charge in [-0.15, -0.1) is 10.2 Å². The lowest BCUT2D eigenvalue weighted by Crippen LogP contribution is -2.33. The van der Waals surface area contributed by atoms with E-state index in [2.05, 4.69) is 42.8 Å². The van der Waals surface area contributed by atoms with Crippen LogP contribution in [0, 0.1) is 0 Å². The minimum atomic E-state index is -0.00579. The van der Waals surface area contributed by atoms with Gasteiger partial charge < -0.3 is 19.2 Å². The highest BCUT2D eigenvalue weighted by atomic mass is 32.2. The third-order valence-electron chi connectivity index (χ3n) is 5.25. The first-order valence-corrected chi connectivity index (χ1v) is 11.2. The Kier molecular flexibility index (Phi) is 6.86. The molecule has 1 saturated heterocycles. The van der Waals surface area contributed by atoms with Gasteiger partial charge in [0.05, 0.1) is 18.4 Å². The van der Waals surface area contributed by atoms with Crippen LogP contribution in [-0.2, 0) is 29.5 Å². The molecule has 158 valence electrons. The second kappa shape index (κ2) is 9.95. The largest absolute Gasteiger partial charge is 0.376 e. The van der Waals surface area contributed by atoms with Crippen LogP contribution >= 0.6 is 11.8 Å². The van der Waals surface area contributed by atoms with E-state index in [1.807, 2.05) is 37.5 Å². The standard InChI is InChI=1S/C22H27N5O2S/c1-26-11-5-9-18(26)13-20-24-25-22(27(20)15-17-7-3-2-4-8-17)30-16-21(28)23-14-19-10-6-12-29-19/h2-5,7-9,11,19H,6,10,12-16H2,1H3,(H,23,28). The van der Waals surface area contributed by atoms with E-state index in [-0.39, 0.29) is 12.0 Å². The second-order valence-corrected chi connectivity index (χ2v) is 8.43. The molecule has 1 aliphatic heterocycles. The molecule has 1 N–H and O–H groups in total. The average molecular weight is 426 g/mol. The molecule has 1 aromatic carbocycles. The minimum Gasteiger partial charge on any atom is -0.376 e. The molecular weight excluding hydrogens is 398 g/mol. The van der Waals surface area contributed by atoms with Crippen molar-refractivity contribution < 1.29 is 9.53 Å². The number of benzene rings is 1. The van der Waals surface area contributed by atoms with Crippen LogP contribution in [0.25, 0.3) is 0 Å². The van der Waals surface area contributed by atoms with Crippen molar-refractivity contribution in [2.24, 2.45) is 7.05 Å². The molecule has 0 aliphatic carbocycles. The Balaban J connectivity index is 1.44. The number of ether oxygens (including phenoxy) is 1. The summed E-state index contributed by atoms with van der Waals surface area (Å²) < 4.78 is 9.77. The fraction of sp³-hybridized carbons (Fsp3) is 0.409. The molecule has 0 spiro atoms. The number of rotatable bonds is 9. The number of aryl methyl sites for hydroxylation is 1. The lowest BCUT2D eigenvalue weighted by Gasteiger charge is -2.12. The Morgan fingerprint density at radius 2 is 2.10 bits per heavy atom. The number of carbonyl (C=O) groups excluding carboxylic acids is 1. The predicted octanol–water partition coefficient (Wildman–Crippen LogP) is 2.64. The van der Waals surface area contributed by atoms with E-state index < -0.39 is 0 Å². The van der Waals surface area contributed by atoms with Crippen LogP contribution in [-0.4, -0.2) is 50.2 Å². The molecule has 1 aliphatic rings. The summed E-state index contributed by atoms with van der Waals surface area (Å²) in [6, 6.07) is 14.4. The van der Waals surface area contributed by atoms with Crippen molar-refractivity contribution in [2.75, 3.05) is 18.9 Å². The van der Waals surface area contributed by atoms with Crippen LogP contribution in [0.5, 0.6) is 0 Å². The molecular formula is C22H27N5O2S. The molecule has 3 heterocycles. The Hall–Kier alpha value is -2.58. The van der Waals surface area contributed by atoms with Gasteiger partial charge in [0.15, 0.2) is 5.16 Å². The fourth-order valence-electron chi connectivity index (χ4n) is 3.54. The molecule has 7 nitrogen and oxygen atoms in total.